The van der Waals surface area contributed by atoms with Gasteiger partial charge in [0.2, 0.25) is 0 Å². The Morgan fingerprint density at radius 1 is 0.947 bits per heavy atom. The third-order valence-electron chi connectivity index (χ3n) is 6.23. The zero-order valence-electron chi connectivity index (χ0n) is 20.4. The van der Waals surface area contributed by atoms with Gasteiger partial charge in [-0.15, -0.1) is 6.58 Å². The fourth-order valence-electron chi connectivity index (χ4n) is 4.44. The Bertz CT molecular complexity index is 1590. The van der Waals surface area contributed by atoms with Crippen LogP contribution in [0.4, 0.5) is 14.9 Å². The maximum absolute atomic E-state index is 13.4. The van der Waals surface area contributed by atoms with Crippen LogP contribution in [-0.4, -0.2) is 29.0 Å². The molecular weight excluding hydrogens is 485 g/mol. The number of aromatic nitrogens is 1. The normalized spacial score (nSPS) is 14.7. The molecular formula is C30H24FN3O4. The van der Waals surface area contributed by atoms with Crippen molar-refractivity contribution in [1.29, 1.82) is 0 Å². The molecule has 4 amide bonds. The number of imide groups is 2. The summed E-state index contributed by atoms with van der Waals surface area (Å²) in [6.45, 7) is 4.71. The summed E-state index contributed by atoms with van der Waals surface area (Å²) in [5.41, 5.74) is 2.54. The van der Waals surface area contributed by atoms with Crippen molar-refractivity contribution < 1.29 is 23.5 Å². The molecule has 5 rings (SSSR count). The number of carbonyl (C=O) groups is 3. The van der Waals surface area contributed by atoms with Crippen LogP contribution >= 0.6 is 0 Å². The predicted octanol–water partition coefficient (Wildman–Crippen LogP) is 5.25. The van der Waals surface area contributed by atoms with E-state index in [4.69, 9.17) is 4.74 Å². The molecule has 7 nitrogen and oxygen atoms in total. The first-order valence-corrected chi connectivity index (χ1v) is 12.0. The minimum atomic E-state index is -0.889. The van der Waals surface area contributed by atoms with Gasteiger partial charge in [-0.25, -0.2) is 14.1 Å². The third-order valence-corrected chi connectivity index (χ3v) is 6.23. The minimum absolute atomic E-state index is 0.156. The molecule has 0 saturated carbocycles. The van der Waals surface area contributed by atoms with Crippen LogP contribution in [0.5, 0.6) is 5.75 Å². The van der Waals surface area contributed by atoms with E-state index >= 15 is 0 Å². The van der Waals surface area contributed by atoms with Crippen molar-refractivity contribution in [3.05, 3.63) is 114 Å². The van der Waals surface area contributed by atoms with E-state index in [1.165, 1.54) is 18.2 Å². The number of carbonyl (C=O) groups excluding carboxylic acids is 3. The summed E-state index contributed by atoms with van der Waals surface area (Å²) in [7, 11) is 0. The topological polar surface area (TPSA) is 80.6 Å². The summed E-state index contributed by atoms with van der Waals surface area (Å²) in [6.07, 6.45) is 5.85. The highest BCUT2D eigenvalue weighted by Crippen LogP contribution is 2.27. The van der Waals surface area contributed by atoms with E-state index in [1.807, 2.05) is 65.4 Å². The van der Waals surface area contributed by atoms with E-state index in [2.05, 4.69) is 11.9 Å². The summed E-state index contributed by atoms with van der Waals surface area (Å²) in [6, 6.07) is 19.4. The highest BCUT2D eigenvalue weighted by atomic mass is 19.1. The van der Waals surface area contributed by atoms with E-state index in [-0.39, 0.29) is 11.3 Å². The molecule has 38 heavy (non-hydrogen) atoms. The number of anilines is 1. The number of nitrogens with one attached hydrogen (secondary N) is 1. The maximum atomic E-state index is 13.4. The summed E-state index contributed by atoms with van der Waals surface area (Å²) < 4.78 is 21.4. The summed E-state index contributed by atoms with van der Waals surface area (Å²) >= 11 is 0. The van der Waals surface area contributed by atoms with Crippen molar-refractivity contribution in [1.82, 2.24) is 9.88 Å². The number of halogens is 1. The first-order chi connectivity index (χ1) is 18.5. The monoisotopic (exact) mass is 509 g/mol. The van der Waals surface area contributed by atoms with Gasteiger partial charge in [0.1, 0.15) is 23.7 Å². The molecule has 0 aliphatic carbocycles. The Labute approximate surface area is 218 Å². The van der Waals surface area contributed by atoms with Crippen LogP contribution in [-0.2, 0) is 22.6 Å². The number of benzene rings is 3. The molecule has 1 saturated heterocycles. The Balaban J connectivity index is 1.43. The van der Waals surface area contributed by atoms with Crippen LogP contribution in [0.15, 0.2) is 97.2 Å². The number of urea groups is 1. The fraction of sp³-hybridized carbons (Fsp3) is 0.100. The molecule has 4 aromatic rings. The van der Waals surface area contributed by atoms with Gasteiger partial charge in [0, 0.05) is 22.7 Å². The van der Waals surface area contributed by atoms with Gasteiger partial charge in [0.05, 0.1) is 12.2 Å². The van der Waals surface area contributed by atoms with E-state index in [9.17, 15) is 18.8 Å². The van der Waals surface area contributed by atoms with Crippen LogP contribution in [0.3, 0.4) is 0 Å². The predicted molar refractivity (Wildman–Crippen MR) is 143 cm³/mol. The van der Waals surface area contributed by atoms with Crippen molar-refractivity contribution in [3.8, 4) is 5.75 Å². The number of nitrogens with zero attached hydrogens (tertiary/aromatic N) is 2. The van der Waals surface area contributed by atoms with Crippen molar-refractivity contribution >= 4 is 40.5 Å². The molecule has 0 radical (unpaired) electrons. The Morgan fingerprint density at radius 2 is 1.68 bits per heavy atom. The standard InChI is InChI=1S/C30H24FN3O4/c1-2-7-20-8-3-6-11-27(20)38-17-16-33-19-21(24-9-4-5-10-26(24)33)18-25-28(35)32-30(37)34(29(25)36)23-14-12-22(31)13-15-23/h2-6,8-15,18-19H,1,7,16-17H2,(H,32,35,37)/b25-18-. The van der Waals surface area contributed by atoms with Crippen molar-refractivity contribution in [2.75, 3.05) is 11.5 Å². The summed E-state index contributed by atoms with van der Waals surface area (Å²) in [4.78, 5) is 39.2. The molecule has 0 bridgehead atoms. The van der Waals surface area contributed by atoms with E-state index in [0.29, 0.717) is 25.1 Å². The molecule has 190 valence electrons. The smallest absolute Gasteiger partial charge is 0.335 e. The largest absolute Gasteiger partial charge is 0.491 e. The number of ether oxygens (including phenoxy) is 1. The van der Waals surface area contributed by atoms with Crippen molar-refractivity contribution in [2.24, 2.45) is 0 Å². The Morgan fingerprint density at radius 3 is 2.47 bits per heavy atom. The maximum Gasteiger partial charge on any atom is 0.335 e. The van der Waals surface area contributed by atoms with Gasteiger partial charge in [0.15, 0.2) is 0 Å². The van der Waals surface area contributed by atoms with Gasteiger partial charge < -0.3 is 9.30 Å². The number of amides is 4. The molecule has 2 heterocycles. The van der Waals surface area contributed by atoms with Gasteiger partial charge in [-0.1, -0.05) is 42.5 Å². The van der Waals surface area contributed by atoms with Crippen molar-refractivity contribution in [2.45, 2.75) is 13.0 Å². The van der Waals surface area contributed by atoms with Crippen molar-refractivity contribution in [3.63, 3.8) is 0 Å². The summed E-state index contributed by atoms with van der Waals surface area (Å²) in [5.74, 6) is -1.30. The van der Waals surface area contributed by atoms with E-state index in [1.54, 1.807) is 0 Å². The number of hydrogen-bond donors (Lipinski definition) is 1. The second-order valence-electron chi connectivity index (χ2n) is 8.68. The second kappa shape index (κ2) is 10.6. The number of hydrogen-bond acceptors (Lipinski definition) is 4. The SMILES string of the molecule is C=CCc1ccccc1OCCn1cc(/C=C2/C(=O)NC(=O)N(c3ccc(F)cc3)C2=O)c2ccccc21. The molecule has 1 aliphatic heterocycles. The third kappa shape index (κ3) is 4.84. The molecule has 1 fully saturated rings. The van der Waals surface area contributed by atoms with Gasteiger partial charge in [-0.2, -0.15) is 0 Å². The average molecular weight is 510 g/mol. The lowest BCUT2D eigenvalue weighted by Gasteiger charge is -2.26. The molecule has 0 unspecified atom stereocenters. The lowest BCUT2D eigenvalue weighted by Crippen LogP contribution is -2.54. The summed E-state index contributed by atoms with van der Waals surface area (Å²) in [5, 5.41) is 3.03. The lowest BCUT2D eigenvalue weighted by molar-refractivity contribution is -0.122. The first-order valence-electron chi connectivity index (χ1n) is 12.0. The number of barbiturate groups is 1. The minimum Gasteiger partial charge on any atom is -0.491 e. The first kappa shape index (κ1) is 24.7. The van der Waals surface area contributed by atoms with Crippen LogP contribution < -0.4 is 15.0 Å². The molecule has 0 atom stereocenters. The lowest BCUT2D eigenvalue weighted by atomic mass is 10.1. The highest BCUT2D eigenvalue weighted by molar-refractivity contribution is 6.39. The van der Waals surface area contributed by atoms with E-state index in [0.717, 1.165) is 39.2 Å². The molecule has 1 N–H and O–H groups in total. The molecule has 8 heteroatoms. The van der Waals surface area contributed by atoms with Gasteiger partial charge in [-0.05, 0) is 54.5 Å². The Hall–Kier alpha value is -4.98. The molecule has 3 aromatic carbocycles. The quantitative estimate of drug-likeness (QED) is 0.200. The average Bonchev–Trinajstić information content (AvgIpc) is 3.26. The van der Waals surface area contributed by atoms with Gasteiger partial charge >= 0.3 is 6.03 Å². The zero-order valence-corrected chi connectivity index (χ0v) is 20.4. The van der Waals surface area contributed by atoms with Gasteiger partial charge in [0.25, 0.3) is 11.8 Å². The number of rotatable bonds is 8. The van der Waals surface area contributed by atoms with Crippen LogP contribution in [0.25, 0.3) is 17.0 Å². The fourth-order valence-corrected chi connectivity index (χ4v) is 4.44. The van der Waals surface area contributed by atoms with Crippen LogP contribution in [0.1, 0.15) is 11.1 Å². The number of allylic oxidation sites excluding steroid dienone is 1. The van der Waals surface area contributed by atoms with Crippen LogP contribution in [0, 0.1) is 5.82 Å². The highest BCUT2D eigenvalue weighted by Gasteiger charge is 2.37. The Kier molecular flexibility index (Phi) is 6.86. The van der Waals surface area contributed by atoms with Gasteiger partial charge in [-0.3, -0.25) is 14.9 Å². The molecule has 0 spiro atoms. The molecule has 1 aromatic heterocycles. The van der Waals surface area contributed by atoms with Crippen LogP contribution in [0.2, 0.25) is 0 Å². The number of fused-ring (bicyclic) bond motifs is 1. The number of para-hydroxylation sites is 2. The second-order valence-corrected chi connectivity index (χ2v) is 8.68. The molecule has 1 aliphatic rings. The van der Waals surface area contributed by atoms with E-state index < -0.39 is 23.7 Å². The zero-order chi connectivity index (χ0) is 26.6.